The molecule has 3 N–H and O–H groups in total. The van der Waals surface area contributed by atoms with E-state index < -0.39 is 17.6 Å². The van der Waals surface area contributed by atoms with Crippen LogP contribution in [-0.4, -0.2) is 101 Å². The van der Waals surface area contributed by atoms with Crippen molar-refractivity contribution in [2.75, 3.05) is 54.9 Å². The van der Waals surface area contributed by atoms with Crippen LogP contribution in [0.2, 0.25) is 0 Å². The van der Waals surface area contributed by atoms with E-state index >= 15 is 0 Å². The number of hydrogen-bond acceptors (Lipinski definition) is 9. The highest BCUT2D eigenvalue weighted by molar-refractivity contribution is 6.08. The fourth-order valence-corrected chi connectivity index (χ4v) is 8.60. The van der Waals surface area contributed by atoms with Crippen LogP contribution in [-0.2, 0) is 11.2 Å². The number of anilines is 3. The van der Waals surface area contributed by atoms with Crippen molar-refractivity contribution >= 4 is 29.3 Å². The number of nitrogens with one attached hydrogen (secondary N) is 1. The van der Waals surface area contributed by atoms with Gasteiger partial charge in [0.15, 0.2) is 11.4 Å². The van der Waals surface area contributed by atoms with Crippen molar-refractivity contribution in [3.05, 3.63) is 35.5 Å². The van der Waals surface area contributed by atoms with Crippen LogP contribution in [0, 0.1) is 5.92 Å². The summed E-state index contributed by atoms with van der Waals surface area (Å²) in [6.45, 7) is 12.3. The topological polar surface area (TPSA) is 120 Å². The Labute approximate surface area is 272 Å². The lowest BCUT2D eigenvalue weighted by Crippen LogP contribution is -2.71. The molecule has 5 aliphatic rings. The number of amides is 2. The summed E-state index contributed by atoms with van der Waals surface area (Å²) in [5.74, 6) is 2.35. The molecule has 2 aromatic rings. The van der Waals surface area contributed by atoms with E-state index in [1.165, 1.54) is 58.4 Å². The largest absolute Gasteiger partial charge is 0.487 e. The van der Waals surface area contributed by atoms with Crippen LogP contribution < -0.4 is 25.6 Å². The standard InChI is InChI=1S/C35H50N8O3/c1-5-35(30-19-27-26(31(36)44)7-6-8-29(27)46-30)33(45)40(4)28-20-37-34(39-32(28)43(35)22(2)3)38-24-11-13-25(14-12-24)42-17-15-41(16-18-42)21-23-9-10-23/h6-8,20,22-25,30H,5,9-19,21H2,1-4H3,(H2,36,44)(H,37,38,39)/t24?,25?,30?,35-/m0/s1. The fourth-order valence-electron chi connectivity index (χ4n) is 8.60. The molecular weight excluding hydrogens is 580 g/mol. The van der Waals surface area contributed by atoms with Gasteiger partial charge < -0.3 is 30.5 Å². The number of hydrogen-bond donors (Lipinski definition) is 2. The summed E-state index contributed by atoms with van der Waals surface area (Å²) >= 11 is 0. The zero-order chi connectivity index (χ0) is 32.2. The summed E-state index contributed by atoms with van der Waals surface area (Å²) < 4.78 is 6.52. The zero-order valence-corrected chi connectivity index (χ0v) is 27.9. The number of carbonyl (C=O) groups excluding carboxylic acids is 2. The van der Waals surface area contributed by atoms with Crippen molar-refractivity contribution in [3.63, 3.8) is 0 Å². The lowest BCUT2D eigenvalue weighted by atomic mass is 9.80. The van der Waals surface area contributed by atoms with E-state index in [0.717, 1.165) is 30.1 Å². The van der Waals surface area contributed by atoms with Crippen LogP contribution in [0.5, 0.6) is 5.75 Å². The third-order valence-corrected chi connectivity index (χ3v) is 11.3. The van der Waals surface area contributed by atoms with Crippen LogP contribution in [0.3, 0.4) is 0 Å². The maximum Gasteiger partial charge on any atom is 0.256 e. The first-order chi connectivity index (χ1) is 22.2. The Bertz CT molecular complexity index is 1460. The van der Waals surface area contributed by atoms with Gasteiger partial charge in [0, 0.05) is 75.4 Å². The average Bonchev–Trinajstić information content (AvgIpc) is 3.76. The number of carbonyl (C=O) groups is 2. The minimum Gasteiger partial charge on any atom is -0.487 e. The van der Waals surface area contributed by atoms with E-state index in [2.05, 4.69) is 33.9 Å². The molecule has 1 aromatic heterocycles. The number of likely N-dealkylation sites (N-methyl/N-ethyl adjacent to an activating group) is 1. The Morgan fingerprint density at radius 2 is 1.85 bits per heavy atom. The normalized spacial score (nSPS) is 28.6. The number of piperazine rings is 1. The highest BCUT2D eigenvalue weighted by Crippen LogP contribution is 2.47. The van der Waals surface area contributed by atoms with Crippen LogP contribution in [0.15, 0.2) is 24.4 Å². The molecular formula is C35H50N8O3. The zero-order valence-electron chi connectivity index (χ0n) is 27.9. The molecule has 11 heteroatoms. The second-order valence-corrected chi connectivity index (χ2v) is 14.4. The number of nitrogens with zero attached hydrogens (tertiary/aromatic N) is 6. The van der Waals surface area contributed by atoms with Crippen LogP contribution >= 0.6 is 0 Å². The summed E-state index contributed by atoms with van der Waals surface area (Å²) in [4.78, 5) is 45.7. The third kappa shape index (κ3) is 5.49. The lowest BCUT2D eigenvalue weighted by molar-refractivity contribution is -0.127. The van der Waals surface area contributed by atoms with E-state index in [4.69, 9.17) is 20.4 Å². The SMILES string of the molecule is CC[C@]1(C2Cc3c(cccc3C(N)=O)O2)C(=O)N(C)c2cnc(NC3CCC(N4CCN(CC5CC5)CC4)CC3)nc2N1C(C)C. The molecule has 2 atom stereocenters. The first kappa shape index (κ1) is 31.2. The van der Waals surface area contributed by atoms with Gasteiger partial charge in [0.25, 0.3) is 5.91 Å². The van der Waals surface area contributed by atoms with E-state index in [1.807, 2.05) is 13.0 Å². The van der Waals surface area contributed by atoms with Gasteiger partial charge in [0.1, 0.15) is 17.5 Å². The number of nitrogens with two attached hydrogens (primary N) is 1. The summed E-state index contributed by atoms with van der Waals surface area (Å²) in [6.07, 6.45) is 9.59. The molecule has 2 amide bonds. The maximum absolute atomic E-state index is 14.4. The second-order valence-electron chi connectivity index (χ2n) is 14.4. The number of benzene rings is 1. The molecule has 0 spiro atoms. The fraction of sp³-hybridized carbons (Fsp3) is 0.657. The number of fused-ring (bicyclic) bond motifs is 2. The molecule has 1 unspecified atom stereocenters. The summed E-state index contributed by atoms with van der Waals surface area (Å²) in [5.41, 5.74) is 6.58. The van der Waals surface area contributed by atoms with Gasteiger partial charge in [-0.25, -0.2) is 4.98 Å². The minimum absolute atomic E-state index is 0.0535. The monoisotopic (exact) mass is 630 g/mol. The van der Waals surface area contributed by atoms with Crippen molar-refractivity contribution in [1.82, 2.24) is 19.8 Å². The molecule has 3 fully saturated rings. The van der Waals surface area contributed by atoms with Gasteiger partial charge in [0.05, 0.1) is 6.20 Å². The van der Waals surface area contributed by atoms with Crippen molar-refractivity contribution in [2.24, 2.45) is 11.7 Å². The minimum atomic E-state index is -1.03. The van der Waals surface area contributed by atoms with E-state index in [9.17, 15) is 9.59 Å². The number of aromatic nitrogens is 2. The molecule has 7 rings (SSSR count). The van der Waals surface area contributed by atoms with E-state index in [-0.39, 0.29) is 11.9 Å². The Balaban J connectivity index is 1.07. The predicted octanol–water partition coefficient (Wildman–Crippen LogP) is 3.67. The van der Waals surface area contributed by atoms with Crippen molar-refractivity contribution in [2.45, 2.75) is 102 Å². The van der Waals surface area contributed by atoms with Gasteiger partial charge in [-0.3, -0.25) is 14.5 Å². The summed E-state index contributed by atoms with van der Waals surface area (Å²) in [7, 11) is 1.80. The molecule has 1 aromatic carbocycles. The van der Waals surface area contributed by atoms with E-state index in [1.54, 1.807) is 30.3 Å². The highest BCUT2D eigenvalue weighted by Gasteiger charge is 2.58. The molecule has 2 saturated carbocycles. The highest BCUT2D eigenvalue weighted by atomic mass is 16.5. The summed E-state index contributed by atoms with van der Waals surface area (Å²) in [6, 6.07) is 6.28. The number of rotatable bonds is 9. The van der Waals surface area contributed by atoms with Gasteiger partial charge in [-0.1, -0.05) is 13.0 Å². The smallest absolute Gasteiger partial charge is 0.256 e. The predicted molar refractivity (Wildman–Crippen MR) is 180 cm³/mol. The molecule has 0 radical (unpaired) electrons. The molecule has 3 aliphatic heterocycles. The van der Waals surface area contributed by atoms with Gasteiger partial charge in [-0.2, -0.15) is 4.98 Å². The van der Waals surface area contributed by atoms with Gasteiger partial charge in [-0.15, -0.1) is 0 Å². The molecule has 0 bridgehead atoms. The van der Waals surface area contributed by atoms with Crippen molar-refractivity contribution < 1.29 is 14.3 Å². The lowest BCUT2D eigenvalue weighted by Gasteiger charge is -2.53. The van der Waals surface area contributed by atoms with Crippen LogP contribution in [0.25, 0.3) is 0 Å². The molecule has 4 heterocycles. The Morgan fingerprint density at radius 3 is 2.50 bits per heavy atom. The number of primary amides is 1. The van der Waals surface area contributed by atoms with Crippen molar-refractivity contribution in [1.29, 1.82) is 0 Å². The number of ether oxygens (including phenoxy) is 1. The molecule has 1 saturated heterocycles. The maximum atomic E-state index is 14.4. The average molecular weight is 631 g/mol. The first-order valence-electron chi connectivity index (χ1n) is 17.4. The van der Waals surface area contributed by atoms with E-state index in [0.29, 0.717) is 47.9 Å². The van der Waals surface area contributed by atoms with Crippen molar-refractivity contribution in [3.8, 4) is 5.75 Å². The van der Waals surface area contributed by atoms with Gasteiger partial charge in [0.2, 0.25) is 11.9 Å². The Hall–Kier alpha value is -3.44. The quantitative estimate of drug-likeness (QED) is 0.428. The first-order valence-corrected chi connectivity index (χ1v) is 17.4. The van der Waals surface area contributed by atoms with Gasteiger partial charge >= 0.3 is 0 Å². The molecule has 11 nitrogen and oxygen atoms in total. The third-order valence-electron chi connectivity index (χ3n) is 11.3. The van der Waals surface area contributed by atoms with Crippen LogP contribution in [0.4, 0.5) is 17.5 Å². The second kappa shape index (κ2) is 12.3. The molecule has 248 valence electrons. The van der Waals surface area contributed by atoms with Crippen LogP contribution in [0.1, 0.15) is 81.6 Å². The molecule has 2 aliphatic carbocycles. The summed E-state index contributed by atoms with van der Waals surface area (Å²) in [5, 5.41) is 3.66. The Kier molecular flexibility index (Phi) is 8.33. The molecule has 46 heavy (non-hydrogen) atoms. The Morgan fingerprint density at radius 1 is 1.11 bits per heavy atom. The van der Waals surface area contributed by atoms with Gasteiger partial charge in [-0.05, 0) is 76.8 Å².